The van der Waals surface area contributed by atoms with E-state index in [1.54, 1.807) is 12.3 Å². The van der Waals surface area contributed by atoms with Crippen LogP contribution in [0.3, 0.4) is 0 Å². The zero-order chi connectivity index (χ0) is 12.1. The number of nitrogens with zero attached hydrogens (tertiary/aromatic N) is 3. The lowest BCUT2D eigenvalue weighted by Crippen LogP contribution is -2.27. The van der Waals surface area contributed by atoms with Gasteiger partial charge >= 0.3 is 0 Å². The molecule has 1 unspecified atom stereocenters. The first-order valence-corrected chi connectivity index (χ1v) is 6.10. The third-order valence-corrected chi connectivity index (χ3v) is 3.19. The van der Waals surface area contributed by atoms with Crippen LogP contribution in [-0.2, 0) is 6.54 Å². The van der Waals surface area contributed by atoms with Gasteiger partial charge < -0.3 is 4.90 Å². The Balaban J connectivity index is 2.87. The van der Waals surface area contributed by atoms with Gasteiger partial charge in [-0.25, -0.2) is 4.68 Å². The van der Waals surface area contributed by atoms with Crippen LogP contribution in [0.15, 0.2) is 17.1 Å². The summed E-state index contributed by atoms with van der Waals surface area (Å²) < 4.78 is 1.49. The molecule has 0 fully saturated rings. The average molecular weight is 241 g/mol. The van der Waals surface area contributed by atoms with Crippen molar-refractivity contribution in [3.8, 4) is 0 Å². The molecule has 0 aliphatic rings. The van der Waals surface area contributed by atoms with Crippen LogP contribution in [0, 0.1) is 5.92 Å². The van der Waals surface area contributed by atoms with E-state index < -0.39 is 0 Å². The van der Waals surface area contributed by atoms with E-state index in [2.05, 4.69) is 17.7 Å². The fraction of sp³-hybridized carbons (Fsp3) is 0.636. The van der Waals surface area contributed by atoms with E-state index in [0.29, 0.717) is 12.5 Å². The molecule has 0 aliphatic heterocycles. The summed E-state index contributed by atoms with van der Waals surface area (Å²) in [5.74, 6) is 1.10. The molecule has 4 nitrogen and oxygen atoms in total. The van der Waals surface area contributed by atoms with Gasteiger partial charge in [0.1, 0.15) is 0 Å². The van der Waals surface area contributed by atoms with Crippen LogP contribution in [0.25, 0.3) is 0 Å². The van der Waals surface area contributed by atoms with Gasteiger partial charge in [0.2, 0.25) is 0 Å². The fourth-order valence-electron chi connectivity index (χ4n) is 1.31. The summed E-state index contributed by atoms with van der Waals surface area (Å²) in [7, 11) is 1.94. The van der Waals surface area contributed by atoms with Crippen molar-refractivity contribution in [3.05, 3.63) is 22.6 Å². The van der Waals surface area contributed by atoms with Crippen LogP contribution in [0.2, 0.25) is 0 Å². The van der Waals surface area contributed by atoms with Crippen LogP contribution in [0.4, 0.5) is 5.69 Å². The average Bonchev–Trinajstić information content (AvgIpc) is 2.30. The molecule has 1 atom stereocenters. The Bertz CT molecular complexity index is 391. The van der Waals surface area contributed by atoms with Crippen molar-refractivity contribution in [1.29, 1.82) is 0 Å². The Morgan fingerprint density at radius 1 is 1.62 bits per heavy atom. The van der Waals surface area contributed by atoms with E-state index in [9.17, 15) is 4.79 Å². The molecule has 0 amide bonds. The summed E-state index contributed by atoms with van der Waals surface area (Å²) in [5, 5.41) is 4.16. The molecular formula is C11H19N3OS. The van der Waals surface area contributed by atoms with E-state index in [0.717, 1.165) is 18.0 Å². The van der Waals surface area contributed by atoms with Crippen molar-refractivity contribution in [2.24, 2.45) is 5.92 Å². The molecule has 1 rings (SSSR count). The smallest absolute Gasteiger partial charge is 0.268 e. The molecule has 1 aromatic rings. The summed E-state index contributed by atoms with van der Waals surface area (Å²) in [6.45, 7) is 5.57. The Kier molecular flexibility index (Phi) is 4.86. The molecule has 0 radical (unpaired) electrons. The highest BCUT2D eigenvalue weighted by molar-refractivity contribution is 7.80. The summed E-state index contributed by atoms with van der Waals surface area (Å²) in [6, 6.07) is 1.63. The molecule has 0 saturated heterocycles. The van der Waals surface area contributed by atoms with Gasteiger partial charge in [0, 0.05) is 26.2 Å². The Labute approximate surface area is 102 Å². The second kappa shape index (κ2) is 5.94. The van der Waals surface area contributed by atoms with Crippen LogP contribution in [-0.4, -0.2) is 29.1 Å². The predicted octanol–water partition coefficient (Wildman–Crippen LogP) is 1.27. The minimum Gasteiger partial charge on any atom is -0.373 e. The third-order valence-electron chi connectivity index (χ3n) is 2.57. The number of hydrogen-bond donors (Lipinski definition) is 1. The van der Waals surface area contributed by atoms with Gasteiger partial charge in [-0.2, -0.15) is 17.7 Å². The topological polar surface area (TPSA) is 38.1 Å². The molecule has 1 aromatic heterocycles. The molecule has 0 aliphatic carbocycles. The van der Waals surface area contributed by atoms with E-state index in [1.165, 1.54) is 4.68 Å². The molecule has 0 aromatic carbocycles. The monoisotopic (exact) mass is 241 g/mol. The Morgan fingerprint density at radius 3 is 2.81 bits per heavy atom. The van der Waals surface area contributed by atoms with Crippen LogP contribution >= 0.6 is 12.6 Å². The SMILES string of the molecule is CCN(C)c1cnn(CC(C)CS)c(=O)c1. The maximum atomic E-state index is 11.8. The Hall–Kier alpha value is -0.970. The molecule has 16 heavy (non-hydrogen) atoms. The Morgan fingerprint density at radius 2 is 2.31 bits per heavy atom. The van der Waals surface area contributed by atoms with E-state index >= 15 is 0 Å². The summed E-state index contributed by atoms with van der Waals surface area (Å²) in [5.41, 5.74) is 0.814. The van der Waals surface area contributed by atoms with Crippen molar-refractivity contribution in [3.63, 3.8) is 0 Å². The standard InChI is InChI=1S/C11H19N3OS/c1-4-13(3)10-5-11(15)14(12-6-10)7-9(2)8-16/h5-6,9,16H,4,7-8H2,1-3H3. The molecule has 0 spiro atoms. The van der Waals surface area contributed by atoms with Crippen LogP contribution < -0.4 is 10.5 Å². The molecule has 0 saturated carbocycles. The number of aromatic nitrogens is 2. The van der Waals surface area contributed by atoms with Gasteiger partial charge in [-0.3, -0.25) is 4.79 Å². The summed E-state index contributed by atoms with van der Waals surface area (Å²) >= 11 is 4.20. The van der Waals surface area contributed by atoms with Gasteiger partial charge in [-0.1, -0.05) is 6.92 Å². The van der Waals surface area contributed by atoms with E-state index in [4.69, 9.17) is 0 Å². The first-order valence-electron chi connectivity index (χ1n) is 5.47. The first kappa shape index (κ1) is 13.1. The lowest BCUT2D eigenvalue weighted by atomic mass is 10.2. The third kappa shape index (κ3) is 3.27. The molecule has 0 N–H and O–H groups in total. The van der Waals surface area contributed by atoms with Crippen molar-refractivity contribution in [2.75, 3.05) is 24.2 Å². The quantitative estimate of drug-likeness (QED) is 0.789. The lowest BCUT2D eigenvalue weighted by Gasteiger charge is -2.17. The van der Waals surface area contributed by atoms with Gasteiger partial charge in [0.15, 0.2) is 0 Å². The maximum Gasteiger partial charge on any atom is 0.268 e. The van der Waals surface area contributed by atoms with E-state index in [1.807, 2.05) is 25.8 Å². The second-order valence-corrected chi connectivity index (χ2v) is 4.40. The largest absolute Gasteiger partial charge is 0.373 e. The fourth-order valence-corrected chi connectivity index (χ4v) is 1.42. The van der Waals surface area contributed by atoms with Gasteiger partial charge in [-0.05, 0) is 18.6 Å². The molecule has 5 heteroatoms. The number of rotatable bonds is 5. The first-order chi connectivity index (χ1) is 7.58. The van der Waals surface area contributed by atoms with E-state index in [-0.39, 0.29) is 5.56 Å². The minimum absolute atomic E-state index is 0.0496. The van der Waals surface area contributed by atoms with Crippen molar-refractivity contribution in [2.45, 2.75) is 20.4 Å². The van der Waals surface area contributed by atoms with Crippen molar-refractivity contribution < 1.29 is 0 Å². The van der Waals surface area contributed by atoms with Crippen LogP contribution in [0.5, 0.6) is 0 Å². The van der Waals surface area contributed by atoms with Crippen LogP contribution in [0.1, 0.15) is 13.8 Å². The minimum atomic E-state index is -0.0496. The summed E-state index contributed by atoms with van der Waals surface area (Å²) in [4.78, 5) is 13.7. The second-order valence-electron chi connectivity index (χ2n) is 4.04. The highest BCUT2D eigenvalue weighted by Gasteiger charge is 2.06. The number of thiol groups is 1. The predicted molar refractivity (Wildman–Crippen MR) is 70.5 cm³/mol. The number of hydrogen-bond acceptors (Lipinski definition) is 4. The normalized spacial score (nSPS) is 12.5. The molecule has 90 valence electrons. The van der Waals surface area contributed by atoms with Crippen molar-refractivity contribution in [1.82, 2.24) is 9.78 Å². The maximum absolute atomic E-state index is 11.8. The zero-order valence-corrected chi connectivity index (χ0v) is 10.9. The molecular weight excluding hydrogens is 222 g/mol. The number of anilines is 1. The van der Waals surface area contributed by atoms with Gasteiger partial charge in [0.25, 0.3) is 5.56 Å². The van der Waals surface area contributed by atoms with Gasteiger partial charge in [-0.15, -0.1) is 0 Å². The lowest BCUT2D eigenvalue weighted by molar-refractivity contribution is 0.470. The summed E-state index contributed by atoms with van der Waals surface area (Å²) in [6.07, 6.45) is 1.73. The molecule has 0 bridgehead atoms. The highest BCUT2D eigenvalue weighted by atomic mass is 32.1. The zero-order valence-electron chi connectivity index (χ0n) is 10.1. The van der Waals surface area contributed by atoms with Crippen molar-refractivity contribution >= 4 is 18.3 Å². The highest BCUT2D eigenvalue weighted by Crippen LogP contribution is 2.06. The molecule has 1 heterocycles. The van der Waals surface area contributed by atoms with Gasteiger partial charge in [0.05, 0.1) is 11.9 Å².